The topological polar surface area (TPSA) is 62.2 Å². The van der Waals surface area contributed by atoms with Gasteiger partial charge in [-0.2, -0.15) is 0 Å². The van der Waals surface area contributed by atoms with E-state index >= 15 is 0 Å². The molecule has 1 heterocycles. The number of aromatic nitrogens is 1. The molecule has 0 saturated heterocycles. The van der Waals surface area contributed by atoms with Gasteiger partial charge in [-0.25, -0.2) is 9.78 Å². The van der Waals surface area contributed by atoms with Gasteiger partial charge < -0.3 is 10.4 Å². The summed E-state index contributed by atoms with van der Waals surface area (Å²) in [5, 5.41) is 11.6. The van der Waals surface area contributed by atoms with E-state index in [1.165, 1.54) is 6.07 Å². The predicted molar refractivity (Wildman–Crippen MR) is 53.3 cm³/mol. The second-order valence-electron chi connectivity index (χ2n) is 2.71. The molecule has 0 amide bonds. The molecule has 0 aromatic carbocycles. The molecule has 0 fully saturated rings. The van der Waals surface area contributed by atoms with E-state index in [0.717, 1.165) is 5.69 Å². The first-order valence-corrected chi connectivity index (χ1v) is 4.03. The third-order valence-corrected chi connectivity index (χ3v) is 1.62. The normalized spacial score (nSPS) is 9.14. The molecule has 1 aromatic heterocycles. The van der Waals surface area contributed by atoms with Gasteiger partial charge in [0.05, 0.1) is 6.54 Å². The van der Waals surface area contributed by atoms with Crippen molar-refractivity contribution in [3.05, 3.63) is 23.4 Å². The molecule has 0 bridgehead atoms. The fourth-order valence-electron chi connectivity index (χ4n) is 0.999. The summed E-state index contributed by atoms with van der Waals surface area (Å²) in [6, 6.07) is 3.15. The Kier molecular flexibility index (Phi) is 3.08. The van der Waals surface area contributed by atoms with E-state index in [2.05, 4.69) is 16.2 Å². The fourth-order valence-corrected chi connectivity index (χ4v) is 0.999. The first kappa shape index (κ1) is 10.1. The average molecular weight is 190 g/mol. The van der Waals surface area contributed by atoms with Gasteiger partial charge in [-0.05, 0) is 19.1 Å². The van der Waals surface area contributed by atoms with E-state index in [1.54, 1.807) is 13.0 Å². The van der Waals surface area contributed by atoms with Crippen LogP contribution in [0.25, 0.3) is 0 Å². The maximum atomic E-state index is 10.8. The average Bonchev–Trinajstić information content (AvgIpc) is 2.14. The molecule has 0 unspecified atom stereocenters. The Balaban J connectivity index is 3.04. The van der Waals surface area contributed by atoms with Gasteiger partial charge in [-0.15, -0.1) is 6.42 Å². The minimum absolute atomic E-state index is 0.130. The third kappa shape index (κ3) is 2.23. The van der Waals surface area contributed by atoms with Gasteiger partial charge >= 0.3 is 5.97 Å². The highest BCUT2D eigenvalue weighted by molar-refractivity contribution is 5.93. The number of carboxylic acids is 1. The van der Waals surface area contributed by atoms with E-state index in [9.17, 15) is 4.79 Å². The lowest BCUT2D eigenvalue weighted by molar-refractivity contribution is 0.0697. The molecule has 0 atom stereocenters. The van der Waals surface area contributed by atoms with Crippen molar-refractivity contribution in [1.82, 2.24) is 4.98 Å². The number of aromatic carboxylic acids is 1. The van der Waals surface area contributed by atoms with Crippen LogP contribution in [-0.4, -0.2) is 22.6 Å². The van der Waals surface area contributed by atoms with Gasteiger partial charge in [-0.1, -0.05) is 5.92 Å². The largest absolute Gasteiger partial charge is 0.478 e. The number of carboxylic acid groups (broad SMARTS) is 1. The molecule has 0 aliphatic rings. The Morgan fingerprint density at radius 2 is 2.43 bits per heavy atom. The van der Waals surface area contributed by atoms with Crippen LogP contribution in [0, 0.1) is 19.3 Å². The minimum Gasteiger partial charge on any atom is -0.478 e. The molecule has 4 heteroatoms. The number of nitrogens with one attached hydrogen (secondary N) is 1. The molecule has 1 aromatic rings. The van der Waals surface area contributed by atoms with Crippen molar-refractivity contribution in [2.75, 3.05) is 11.9 Å². The monoisotopic (exact) mass is 190 g/mol. The van der Waals surface area contributed by atoms with Crippen LogP contribution in [0.2, 0.25) is 0 Å². The maximum Gasteiger partial charge on any atom is 0.339 e. The number of pyridine rings is 1. The zero-order chi connectivity index (χ0) is 10.6. The number of aryl methyl sites for hydroxylation is 1. The van der Waals surface area contributed by atoms with Crippen LogP contribution >= 0.6 is 0 Å². The van der Waals surface area contributed by atoms with E-state index in [1.807, 2.05) is 0 Å². The number of terminal acetylenes is 1. The molecule has 2 N–H and O–H groups in total. The zero-order valence-electron chi connectivity index (χ0n) is 7.74. The molecule has 0 spiro atoms. The standard InChI is InChI=1S/C10H10N2O2/c1-3-6-11-9-8(10(13)14)5-4-7(2)12-9/h1,4-5H,6H2,2H3,(H,11,12)(H,13,14). The van der Waals surface area contributed by atoms with Crippen LogP contribution in [0.4, 0.5) is 5.82 Å². The summed E-state index contributed by atoms with van der Waals surface area (Å²) in [5.41, 5.74) is 0.875. The smallest absolute Gasteiger partial charge is 0.339 e. The van der Waals surface area contributed by atoms with Crippen LogP contribution < -0.4 is 5.32 Å². The highest BCUT2D eigenvalue weighted by Gasteiger charge is 2.10. The summed E-state index contributed by atoms with van der Waals surface area (Å²) in [5.74, 6) is 1.66. The third-order valence-electron chi connectivity index (χ3n) is 1.62. The van der Waals surface area contributed by atoms with Crippen molar-refractivity contribution < 1.29 is 9.90 Å². The molecule has 1 rings (SSSR count). The number of carbonyl (C=O) groups is 1. The van der Waals surface area contributed by atoms with Gasteiger partial charge in [0.15, 0.2) is 0 Å². The highest BCUT2D eigenvalue weighted by Crippen LogP contribution is 2.12. The summed E-state index contributed by atoms with van der Waals surface area (Å²) in [6.07, 6.45) is 5.05. The summed E-state index contributed by atoms with van der Waals surface area (Å²) in [4.78, 5) is 14.8. The number of hydrogen-bond donors (Lipinski definition) is 2. The van der Waals surface area contributed by atoms with Crippen molar-refractivity contribution in [2.45, 2.75) is 6.92 Å². The van der Waals surface area contributed by atoms with Crippen LogP contribution in [0.15, 0.2) is 12.1 Å². The lowest BCUT2D eigenvalue weighted by atomic mass is 10.2. The van der Waals surface area contributed by atoms with Crippen LogP contribution in [-0.2, 0) is 0 Å². The Hall–Kier alpha value is -2.02. The quantitative estimate of drug-likeness (QED) is 0.701. The van der Waals surface area contributed by atoms with E-state index in [4.69, 9.17) is 11.5 Å². The molecule has 0 saturated carbocycles. The van der Waals surface area contributed by atoms with Gasteiger partial charge in [0.25, 0.3) is 0 Å². The summed E-state index contributed by atoms with van der Waals surface area (Å²) in [6.45, 7) is 2.05. The molecule has 14 heavy (non-hydrogen) atoms. The summed E-state index contributed by atoms with van der Waals surface area (Å²) >= 11 is 0. The Labute approximate surface area is 82.0 Å². The Bertz CT molecular complexity index is 394. The lowest BCUT2D eigenvalue weighted by Gasteiger charge is -2.06. The molecule has 0 radical (unpaired) electrons. The second kappa shape index (κ2) is 4.28. The minimum atomic E-state index is -1.02. The summed E-state index contributed by atoms with van der Waals surface area (Å²) < 4.78 is 0. The molecule has 72 valence electrons. The van der Waals surface area contributed by atoms with Gasteiger partial charge in [-0.3, -0.25) is 0 Å². The number of rotatable bonds is 3. The molecular weight excluding hydrogens is 180 g/mol. The van der Waals surface area contributed by atoms with Gasteiger partial charge in [0, 0.05) is 5.69 Å². The Morgan fingerprint density at radius 3 is 3.00 bits per heavy atom. The zero-order valence-corrected chi connectivity index (χ0v) is 7.74. The maximum absolute atomic E-state index is 10.8. The molecule has 0 aliphatic carbocycles. The number of nitrogens with zero attached hydrogens (tertiary/aromatic N) is 1. The highest BCUT2D eigenvalue weighted by atomic mass is 16.4. The Morgan fingerprint density at radius 1 is 1.71 bits per heavy atom. The summed E-state index contributed by atoms with van der Waals surface area (Å²) in [7, 11) is 0. The number of anilines is 1. The van der Waals surface area contributed by atoms with E-state index < -0.39 is 5.97 Å². The first-order chi connectivity index (χ1) is 6.65. The van der Waals surface area contributed by atoms with Crippen LogP contribution in [0.3, 0.4) is 0 Å². The van der Waals surface area contributed by atoms with Crippen molar-refractivity contribution in [1.29, 1.82) is 0 Å². The first-order valence-electron chi connectivity index (χ1n) is 4.03. The number of hydrogen-bond acceptors (Lipinski definition) is 3. The molecule has 4 nitrogen and oxygen atoms in total. The molecular formula is C10H10N2O2. The van der Waals surface area contributed by atoms with Crippen LogP contribution in [0.1, 0.15) is 16.1 Å². The van der Waals surface area contributed by atoms with Crippen molar-refractivity contribution in [3.8, 4) is 12.3 Å². The van der Waals surface area contributed by atoms with Crippen molar-refractivity contribution >= 4 is 11.8 Å². The fraction of sp³-hybridized carbons (Fsp3) is 0.200. The SMILES string of the molecule is C#CCNc1nc(C)ccc1C(=O)O. The van der Waals surface area contributed by atoms with Crippen molar-refractivity contribution in [2.24, 2.45) is 0 Å². The molecule has 0 aliphatic heterocycles. The van der Waals surface area contributed by atoms with Crippen molar-refractivity contribution in [3.63, 3.8) is 0 Å². The predicted octanol–water partition coefficient (Wildman–Crippen LogP) is 1.13. The second-order valence-corrected chi connectivity index (χ2v) is 2.71. The van der Waals surface area contributed by atoms with Crippen LogP contribution in [0.5, 0.6) is 0 Å². The van der Waals surface area contributed by atoms with Gasteiger partial charge in [0.1, 0.15) is 11.4 Å². The lowest BCUT2D eigenvalue weighted by Crippen LogP contribution is -2.09. The van der Waals surface area contributed by atoms with E-state index in [0.29, 0.717) is 5.82 Å². The van der Waals surface area contributed by atoms with E-state index in [-0.39, 0.29) is 12.1 Å². The van der Waals surface area contributed by atoms with Gasteiger partial charge in [0.2, 0.25) is 0 Å².